The first kappa shape index (κ1) is 13.8. The lowest BCUT2D eigenvalue weighted by Crippen LogP contribution is -2.32. The highest BCUT2D eigenvalue weighted by molar-refractivity contribution is 5.42. The van der Waals surface area contributed by atoms with E-state index < -0.39 is 0 Å². The number of hydrazine groups is 1. The van der Waals surface area contributed by atoms with Gasteiger partial charge in [-0.3, -0.25) is 11.3 Å². The minimum absolute atomic E-state index is 0.0602. The van der Waals surface area contributed by atoms with Crippen molar-refractivity contribution in [2.45, 2.75) is 26.3 Å². The normalized spacial score (nSPS) is 14.2. The Bertz CT molecular complexity index is 355. The van der Waals surface area contributed by atoms with Crippen LogP contribution in [0.3, 0.4) is 0 Å². The molecule has 0 spiro atoms. The fourth-order valence-corrected chi connectivity index (χ4v) is 1.88. The molecule has 0 aliphatic heterocycles. The molecule has 0 heterocycles. The summed E-state index contributed by atoms with van der Waals surface area (Å²) in [7, 11) is 3.31. The zero-order valence-corrected chi connectivity index (χ0v) is 11.0. The van der Waals surface area contributed by atoms with Gasteiger partial charge in [0, 0.05) is 5.56 Å². The van der Waals surface area contributed by atoms with Crippen LogP contribution < -0.4 is 20.7 Å². The zero-order valence-electron chi connectivity index (χ0n) is 11.0. The molecule has 0 saturated carbocycles. The molecule has 0 fully saturated rings. The number of rotatable bonds is 6. The molecule has 4 heteroatoms. The predicted molar refractivity (Wildman–Crippen MR) is 69.1 cm³/mol. The first-order valence-corrected chi connectivity index (χ1v) is 5.85. The fraction of sp³-hybridized carbons (Fsp3) is 0.538. The molecule has 2 unspecified atom stereocenters. The SMILES string of the molecule is CCC(C)C(NN)c1cc(OC)ccc1OC. The van der Waals surface area contributed by atoms with E-state index in [1.807, 2.05) is 18.2 Å². The van der Waals surface area contributed by atoms with Crippen LogP contribution in [-0.4, -0.2) is 14.2 Å². The van der Waals surface area contributed by atoms with Crippen molar-refractivity contribution >= 4 is 0 Å². The zero-order chi connectivity index (χ0) is 12.8. The largest absolute Gasteiger partial charge is 0.497 e. The average Bonchev–Trinajstić information content (AvgIpc) is 2.39. The highest BCUT2D eigenvalue weighted by Gasteiger charge is 2.20. The minimum Gasteiger partial charge on any atom is -0.497 e. The highest BCUT2D eigenvalue weighted by Crippen LogP contribution is 2.33. The van der Waals surface area contributed by atoms with Gasteiger partial charge in [-0.25, -0.2) is 0 Å². The summed E-state index contributed by atoms with van der Waals surface area (Å²) in [5.41, 5.74) is 3.89. The van der Waals surface area contributed by atoms with Crippen LogP contribution in [-0.2, 0) is 0 Å². The molecule has 1 aromatic carbocycles. The molecular weight excluding hydrogens is 216 g/mol. The predicted octanol–water partition coefficient (Wildman–Crippen LogP) is 2.25. The Morgan fingerprint density at radius 1 is 1.29 bits per heavy atom. The molecular formula is C13H22N2O2. The van der Waals surface area contributed by atoms with Crippen LogP contribution in [0.15, 0.2) is 18.2 Å². The van der Waals surface area contributed by atoms with Crippen molar-refractivity contribution in [1.82, 2.24) is 5.43 Å². The molecule has 0 aliphatic rings. The second-order valence-electron chi connectivity index (χ2n) is 4.14. The molecule has 0 bridgehead atoms. The van der Waals surface area contributed by atoms with E-state index in [4.69, 9.17) is 15.3 Å². The third-order valence-electron chi connectivity index (χ3n) is 3.16. The topological polar surface area (TPSA) is 56.5 Å². The van der Waals surface area contributed by atoms with Crippen LogP contribution in [0.1, 0.15) is 31.9 Å². The minimum atomic E-state index is 0.0602. The second-order valence-corrected chi connectivity index (χ2v) is 4.14. The van der Waals surface area contributed by atoms with Crippen LogP contribution in [0.4, 0.5) is 0 Å². The van der Waals surface area contributed by atoms with Crippen molar-refractivity contribution in [3.8, 4) is 11.5 Å². The highest BCUT2D eigenvalue weighted by atomic mass is 16.5. The molecule has 0 aromatic heterocycles. The van der Waals surface area contributed by atoms with Crippen molar-refractivity contribution in [1.29, 1.82) is 0 Å². The lowest BCUT2D eigenvalue weighted by atomic mass is 9.92. The molecule has 2 atom stereocenters. The Morgan fingerprint density at radius 2 is 2.00 bits per heavy atom. The van der Waals surface area contributed by atoms with Crippen molar-refractivity contribution in [2.24, 2.45) is 11.8 Å². The third kappa shape index (κ3) is 3.11. The van der Waals surface area contributed by atoms with Gasteiger partial charge in [0.25, 0.3) is 0 Å². The number of hydrogen-bond donors (Lipinski definition) is 2. The number of methoxy groups -OCH3 is 2. The Hall–Kier alpha value is -1.26. The van der Waals surface area contributed by atoms with E-state index in [0.29, 0.717) is 5.92 Å². The molecule has 0 radical (unpaired) electrons. The van der Waals surface area contributed by atoms with Crippen LogP contribution in [0.2, 0.25) is 0 Å². The summed E-state index contributed by atoms with van der Waals surface area (Å²) in [4.78, 5) is 0. The fourth-order valence-electron chi connectivity index (χ4n) is 1.88. The molecule has 17 heavy (non-hydrogen) atoms. The molecule has 1 aromatic rings. The maximum absolute atomic E-state index is 5.65. The van der Waals surface area contributed by atoms with Crippen LogP contribution in [0.25, 0.3) is 0 Å². The maximum Gasteiger partial charge on any atom is 0.123 e. The molecule has 0 saturated heterocycles. The van der Waals surface area contributed by atoms with Gasteiger partial charge < -0.3 is 9.47 Å². The van der Waals surface area contributed by atoms with Crippen LogP contribution in [0, 0.1) is 5.92 Å². The van der Waals surface area contributed by atoms with Gasteiger partial charge in [-0.15, -0.1) is 0 Å². The monoisotopic (exact) mass is 238 g/mol. The van der Waals surface area contributed by atoms with E-state index in [2.05, 4.69) is 19.3 Å². The van der Waals surface area contributed by atoms with Gasteiger partial charge in [0.2, 0.25) is 0 Å². The smallest absolute Gasteiger partial charge is 0.123 e. The van der Waals surface area contributed by atoms with E-state index in [-0.39, 0.29) is 6.04 Å². The van der Waals surface area contributed by atoms with Crippen molar-refractivity contribution < 1.29 is 9.47 Å². The number of hydrogen-bond acceptors (Lipinski definition) is 4. The maximum atomic E-state index is 5.65. The van der Waals surface area contributed by atoms with Crippen molar-refractivity contribution in [3.63, 3.8) is 0 Å². The summed E-state index contributed by atoms with van der Waals surface area (Å²) in [6, 6.07) is 5.81. The van der Waals surface area contributed by atoms with E-state index >= 15 is 0 Å². The second kappa shape index (κ2) is 6.47. The van der Waals surface area contributed by atoms with Gasteiger partial charge in [-0.2, -0.15) is 0 Å². The summed E-state index contributed by atoms with van der Waals surface area (Å²) >= 11 is 0. The van der Waals surface area contributed by atoms with Gasteiger partial charge in [0.1, 0.15) is 11.5 Å². The first-order chi connectivity index (χ1) is 8.17. The van der Waals surface area contributed by atoms with Gasteiger partial charge in [-0.05, 0) is 24.1 Å². The summed E-state index contributed by atoms with van der Waals surface area (Å²) < 4.78 is 10.6. The molecule has 3 N–H and O–H groups in total. The van der Waals surface area contributed by atoms with Crippen LogP contribution in [0.5, 0.6) is 11.5 Å². The molecule has 96 valence electrons. The Morgan fingerprint density at radius 3 is 2.47 bits per heavy atom. The third-order valence-corrected chi connectivity index (χ3v) is 3.16. The van der Waals surface area contributed by atoms with Crippen molar-refractivity contribution in [2.75, 3.05) is 14.2 Å². The summed E-state index contributed by atoms with van der Waals surface area (Å²) in [5, 5.41) is 0. The molecule has 1 rings (SSSR count). The van der Waals surface area contributed by atoms with Gasteiger partial charge in [0.05, 0.1) is 20.3 Å². The lowest BCUT2D eigenvalue weighted by Gasteiger charge is -2.24. The Balaban J connectivity index is 3.14. The van der Waals surface area contributed by atoms with E-state index in [1.54, 1.807) is 14.2 Å². The summed E-state index contributed by atoms with van der Waals surface area (Å²) in [6.07, 6.45) is 1.04. The molecule has 0 aliphatic carbocycles. The number of benzene rings is 1. The first-order valence-electron chi connectivity index (χ1n) is 5.85. The van der Waals surface area contributed by atoms with Crippen LogP contribution >= 0.6 is 0 Å². The summed E-state index contributed by atoms with van der Waals surface area (Å²) in [5.74, 6) is 7.71. The Kier molecular flexibility index (Phi) is 5.25. The molecule has 0 amide bonds. The van der Waals surface area contributed by atoms with Gasteiger partial charge in [-0.1, -0.05) is 20.3 Å². The quantitative estimate of drug-likeness (QED) is 0.589. The Labute approximate surface area is 103 Å². The molecule has 4 nitrogen and oxygen atoms in total. The van der Waals surface area contributed by atoms with E-state index in [0.717, 1.165) is 23.5 Å². The number of nitrogens with one attached hydrogen (secondary N) is 1. The van der Waals surface area contributed by atoms with E-state index in [9.17, 15) is 0 Å². The van der Waals surface area contributed by atoms with Gasteiger partial charge in [0.15, 0.2) is 0 Å². The lowest BCUT2D eigenvalue weighted by molar-refractivity contribution is 0.350. The van der Waals surface area contributed by atoms with E-state index in [1.165, 1.54) is 0 Å². The summed E-state index contributed by atoms with van der Waals surface area (Å²) in [6.45, 7) is 4.30. The standard InChI is InChI=1S/C13H22N2O2/c1-5-9(2)13(15-14)11-8-10(16-3)6-7-12(11)17-4/h6-9,13,15H,5,14H2,1-4H3. The number of nitrogens with two attached hydrogens (primary N) is 1. The number of ether oxygens (including phenoxy) is 2. The van der Waals surface area contributed by atoms with Gasteiger partial charge >= 0.3 is 0 Å². The average molecular weight is 238 g/mol. The van der Waals surface area contributed by atoms with Crippen molar-refractivity contribution in [3.05, 3.63) is 23.8 Å².